The third kappa shape index (κ3) is 4.37. The molecule has 0 saturated carbocycles. The number of aryl methyl sites for hydroxylation is 3. The van der Waals surface area contributed by atoms with Gasteiger partial charge in [0.2, 0.25) is 0 Å². The first-order valence-corrected chi connectivity index (χ1v) is 11.4. The summed E-state index contributed by atoms with van der Waals surface area (Å²) in [6.07, 6.45) is 10.3. The highest BCUT2D eigenvalue weighted by Gasteiger charge is 2.22. The van der Waals surface area contributed by atoms with Gasteiger partial charge in [-0.3, -0.25) is 4.79 Å². The van der Waals surface area contributed by atoms with E-state index in [1.165, 1.54) is 12.8 Å². The van der Waals surface area contributed by atoms with Crippen LogP contribution in [0.4, 0.5) is 5.82 Å². The molecule has 170 valence electrons. The van der Waals surface area contributed by atoms with Crippen molar-refractivity contribution in [2.45, 2.75) is 59.4 Å². The minimum Gasteiger partial charge on any atom is -0.356 e. The summed E-state index contributed by atoms with van der Waals surface area (Å²) in [7, 11) is 1.93. The van der Waals surface area contributed by atoms with E-state index in [0.717, 1.165) is 60.8 Å². The van der Waals surface area contributed by atoms with Crippen molar-refractivity contribution in [1.29, 1.82) is 0 Å². The number of carbonyl (C=O) groups is 1. The molecule has 1 amide bonds. The second-order valence-corrected chi connectivity index (χ2v) is 8.46. The number of rotatable bonds is 8. The van der Waals surface area contributed by atoms with Crippen LogP contribution in [0.25, 0.3) is 5.95 Å². The van der Waals surface area contributed by atoms with Crippen molar-refractivity contribution in [3.63, 3.8) is 0 Å². The number of carbonyl (C=O) groups excluding carboxylic acids is 1. The average molecular weight is 437 g/mol. The van der Waals surface area contributed by atoms with Gasteiger partial charge in [0.25, 0.3) is 11.9 Å². The van der Waals surface area contributed by atoms with Crippen LogP contribution in [-0.2, 0) is 20.0 Å². The Balaban J connectivity index is 1.62. The van der Waals surface area contributed by atoms with Gasteiger partial charge in [-0.1, -0.05) is 13.3 Å². The zero-order chi connectivity index (χ0) is 22.7. The number of hydrogen-bond acceptors (Lipinski definition) is 6. The molecule has 0 unspecified atom stereocenters. The fraction of sp³-hybridized carbons (Fsp3) is 0.522. The number of aromatic nitrogens is 6. The smallest absolute Gasteiger partial charge is 0.255 e. The van der Waals surface area contributed by atoms with Crippen molar-refractivity contribution in [3.05, 3.63) is 46.9 Å². The van der Waals surface area contributed by atoms with E-state index in [0.29, 0.717) is 18.1 Å². The molecule has 1 fully saturated rings. The molecule has 0 radical (unpaired) electrons. The molecule has 0 aromatic carbocycles. The molecule has 4 heterocycles. The van der Waals surface area contributed by atoms with E-state index in [9.17, 15) is 4.79 Å². The van der Waals surface area contributed by atoms with Gasteiger partial charge in [0.15, 0.2) is 0 Å². The maximum Gasteiger partial charge on any atom is 0.255 e. The first-order valence-electron chi connectivity index (χ1n) is 11.4. The summed E-state index contributed by atoms with van der Waals surface area (Å²) >= 11 is 0. The summed E-state index contributed by atoms with van der Waals surface area (Å²) < 4.78 is 3.66. The van der Waals surface area contributed by atoms with Crippen LogP contribution in [0.5, 0.6) is 0 Å². The predicted octanol–water partition coefficient (Wildman–Crippen LogP) is 2.89. The van der Waals surface area contributed by atoms with Gasteiger partial charge in [-0.25, -0.2) is 14.6 Å². The molecule has 4 rings (SSSR count). The molecule has 1 N–H and O–H groups in total. The molecular formula is C23H32N8O. The Bertz CT molecular complexity index is 1070. The molecule has 1 aliphatic rings. The molecule has 1 aliphatic heterocycles. The number of nitrogens with zero attached hydrogens (tertiary/aromatic N) is 7. The van der Waals surface area contributed by atoms with E-state index >= 15 is 0 Å². The Morgan fingerprint density at radius 2 is 1.91 bits per heavy atom. The summed E-state index contributed by atoms with van der Waals surface area (Å²) in [6, 6.07) is 0. The van der Waals surface area contributed by atoms with Gasteiger partial charge >= 0.3 is 0 Å². The Morgan fingerprint density at radius 1 is 1.12 bits per heavy atom. The first kappa shape index (κ1) is 22.0. The summed E-state index contributed by atoms with van der Waals surface area (Å²) in [6.45, 7) is 8.57. The van der Waals surface area contributed by atoms with Gasteiger partial charge in [-0.05, 0) is 39.5 Å². The molecule has 3 aromatic rings. The largest absolute Gasteiger partial charge is 0.356 e. The molecule has 0 atom stereocenters. The van der Waals surface area contributed by atoms with Crippen molar-refractivity contribution in [1.82, 2.24) is 34.6 Å². The number of imidazole rings is 1. The third-order valence-electron chi connectivity index (χ3n) is 6.09. The predicted molar refractivity (Wildman–Crippen MR) is 123 cm³/mol. The van der Waals surface area contributed by atoms with Crippen LogP contribution in [0.3, 0.4) is 0 Å². The summed E-state index contributed by atoms with van der Waals surface area (Å²) in [5.41, 5.74) is 4.38. The Kier molecular flexibility index (Phi) is 6.53. The van der Waals surface area contributed by atoms with E-state index < -0.39 is 0 Å². The number of unbranched alkanes of at least 4 members (excludes halogenated alkanes) is 1. The second-order valence-electron chi connectivity index (χ2n) is 8.46. The van der Waals surface area contributed by atoms with Gasteiger partial charge in [0, 0.05) is 31.9 Å². The second kappa shape index (κ2) is 9.50. The molecule has 0 bridgehead atoms. The van der Waals surface area contributed by atoms with E-state index in [1.807, 2.05) is 31.7 Å². The Morgan fingerprint density at radius 3 is 2.59 bits per heavy atom. The van der Waals surface area contributed by atoms with E-state index in [-0.39, 0.29) is 5.91 Å². The molecule has 32 heavy (non-hydrogen) atoms. The average Bonchev–Trinajstić information content (AvgIpc) is 3.52. The molecule has 9 nitrogen and oxygen atoms in total. The normalized spacial score (nSPS) is 13.7. The number of nitrogens with one attached hydrogen (secondary N) is 1. The summed E-state index contributed by atoms with van der Waals surface area (Å²) in [5, 5.41) is 7.56. The van der Waals surface area contributed by atoms with Crippen LogP contribution in [0.15, 0.2) is 18.7 Å². The number of amides is 1. The highest BCUT2D eigenvalue weighted by atomic mass is 16.1. The van der Waals surface area contributed by atoms with Gasteiger partial charge in [0.05, 0.1) is 41.7 Å². The van der Waals surface area contributed by atoms with Crippen molar-refractivity contribution in [2.24, 2.45) is 7.05 Å². The van der Waals surface area contributed by atoms with Gasteiger partial charge in [-0.2, -0.15) is 10.1 Å². The van der Waals surface area contributed by atoms with Gasteiger partial charge < -0.3 is 14.8 Å². The lowest BCUT2D eigenvalue weighted by Crippen LogP contribution is -2.25. The van der Waals surface area contributed by atoms with Crippen LogP contribution in [0.1, 0.15) is 65.6 Å². The zero-order valence-electron chi connectivity index (χ0n) is 19.4. The first-order chi connectivity index (χ1) is 15.5. The lowest BCUT2D eigenvalue weighted by Gasteiger charge is -2.19. The maximum absolute atomic E-state index is 13.1. The molecule has 0 spiro atoms. The lowest BCUT2D eigenvalue weighted by atomic mass is 10.1. The quantitative estimate of drug-likeness (QED) is 0.584. The van der Waals surface area contributed by atoms with Crippen LogP contribution in [0, 0.1) is 13.8 Å². The van der Waals surface area contributed by atoms with Crippen LogP contribution >= 0.6 is 0 Å². The van der Waals surface area contributed by atoms with Crippen molar-refractivity contribution in [2.75, 3.05) is 18.0 Å². The Hall–Kier alpha value is -3.23. The lowest BCUT2D eigenvalue weighted by molar-refractivity contribution is 0.0949. The maximum atomic E-state index is 13.1. The van der Waals surface area contributed by atoms with E-state index in [2.05, 4.69) is 32.2 Å². The van der Waals surface area contributed by atoms with E-state index in [1.54, 1.807) is 17.2 Å². The van der Waals surface area contributed by atoms with E-state index in [4.69, 9.17) is 4.98 Å². The SMILES string of the molecule is CCCCc1c(C(=O)NCc2c(C)ncn2C)cnn1-c1ncc(C)c(N2CCCC2)n1. The van der Waals surface area contributed by atoms with Crippen LogP contribution in [-0.4, -0.2) is 48.3 Å². The fourth-order valence-electron chi connectivity index (χ4n) is 4.18. The third-order valence-corrected chi connectivity index (χ3v) is 6.09. The van der Waals surface area contributed by atoms with Gasteiger partial charge in [-0.15, -0.1) is 0 Å². The minimum atomic E-state index is -0.144. The fourth-order valence-corrected chi connectivity index (χ4v) is 4.18. The summed E-state index contributed by atoms with van der Waals surface area (Å²) in [5.74, 6) is 1.34. The standard InChI is InChI=1S/C23H32N8O/c1-5-6-9-19-18(22(32)24-14-20-17(3)26-15-29(20)4)13-27-31(19)23-25-12-16(2)21(28-23)30-10-7-8-11-30/h12-13,15H,5-11,14H2,1-4H3,(H,24,32). The molecule has 0 aliphatic carbocycles. The molecule has 9 heteroatoms. The monoisotopic (exact) mass is 436 g/mol. The van der Waals surface area contributed by atoms with Crippen molar-refractivity contribution >= 4 is 11.7 Å². The van der Waals surface area contributed by atoms with Crippen molar-refractivity contribution < 1.29 is 4.79 Å². The molecule has 1 saturated heterocycles. The summed E-state index contributed by atoms with van der Waals surface area (Å²) in [4.78, 5) is 29.1. The highest BCUT2D eigenvalue weighted by molar-refractivity contribution is 5.95. The van der Waals surface area contributed by atoms with Crippen molar-refractivity contribution in [3.8, 4) is 5.95 Å². The van der Waals surface area contributed by atoms with Crippen LogP contribution < -0.4 is 10.2 Å². The highest BCUT2D eigenvalue weighted by Crippen LogP contribution is 2.23. The topological polar surface area (TPSA) is 93.8 Å². The zero-order valence-corrected chi connectivity index (χ0v) is 19.4. The Labute approximate surface area is 188 Å². The molecular weight excluding hydrogens is 404 g/mol. The minimum absolute atomic E-state index is 0.144. The van der Waals surface area contributed by atoms with Gasteiger partial charge in [0.1, 0.15) is 5.82 Å². The number of hydrogen-bond donors (Lipinski definition) is 1. The molecule has 3 aromatic heterocycles. The van der Waals surface area contributed by atoms with Crippen LogP contribution in [0.2, 0.25) is 0 Å². The number of anilines is 1.